The molecule has 2 amide bonds. The molecule has 0 saturated carbocycles. The molecule has 0 fully saturated rings. The molecule has 26 heavy (non-hydrogen) atoms. The van der Waals surface area contributed by atoms with Crippen LogP contribution in [0, 0.1) is 5.82 Å². The highest BCUT2D eigenvalue weighted by Crippen LogP contribution is 2.22. The summed E-state index contributed by atoms with van der Waals surface area (Å²) in [5.41, 5.74) is 1.34. The van der Waals surface area contributed by atoms with Gasteiger partial charge in [0.1, 0.15) is 11.9 Å². The molecule has 138 valence electrons. The molecule has 1 atom stereocenters. The van der Waals surface area contributed by atoms with Crippen LogP contribution in [0.5, 0.6) is 0 Å². The van der Waals surface area contributed by atoms with E-state index in [9.17, 15) is 14.0 Å². The Balaban J connectivity index is 2.25. The highest BCUT2D eigenvalue weighted by Gasteiger charge is 2.26. The van der Waals surface area contributed by atoms with Gasteiger partial charge in [0.25, 0.3) is 0 Å². The Labute approximate surface area is 161 Å². The summed E-state index contributed by atoms with van der Waals surface area (Å²) >= 11 is 12.0. The third kappa shape index (κ3) is 5.19. The number of hydrogen-bond acceptors (Lipinski definition) is 2. The first-order chi connectivity index (χ1) is 12.3. The van der Waals surface area contributed by atoms with Crippen LogP contribution in [0.15, 0.2) is 42.5 Å². The first kappa shape index (κ1) is 20.2. The Kier molecular flexibility index (Phi) is 7.00. The third-order valence-corrected chi connectivity index (χ3v) is 4.62. The lowest BCUT2D eigenvalue weighted by atomic mass is 10.1. The molecule has 0 aliphatic carbocycles. The van der Waals surface area contributed by atoms with Crippen LogP contribution in [0.2, 0.25) is 10.0 Å². The van der Waals surface area contributed by atoms with Crippen LogP contribution in [0.4, 0.5) is 4.39 Å². The SMILES string of the molecule is CNC(=O)[C@@H](C)N(Cc1ccc(F)cc1)C(=O)Cc1ccc(Cl)cc1Cl. The molecule has 2 aromatic rings. The van der Waals surface area contributed by atoms with Crippen molar-refractivity contribution in [2.75, 3.05) is 7.05 Å². The summed E-state index contributed by atoms with van der Waals surface area (Å²) in [6, 6.07) is 10.0. The fraction of sp³-hybridized carbons (Fsp3) is 0.263. The second kappa shape index (κ2) is 9.01. The minimum absolute atomic E-state index is 0.0263. The monoisotopic (exact) mass is 396 g/mol. The van der Waals surface area contributed by atoms with Crippen LogP contribution in [0.1, 0.15) is 18.1 Å². The third-order valence-electron chi connectivity index (χ3n) is 4.04. The van der Waals surface area contributed by atoms with Gasteiger partial charge in [-0.2, -0.15) is 0 Å². The molecule has 2 rings (SSSR count). The summed E-state index contributed by atoms with van der Waals surface area (Å²) < 4.78 is 13.1. The van der Waals surface area contributed by atoms with Crippen molar-refractivity contribution in [1.29, 1.82) is 0 Å². The molecule has 0 heterocycles. The van der Waals surface area contributed by atoms with Crippen LogP contribution in [0.3, 0.4) is 0 Å². The molecule has 0 radical (unpaired) electrons. The van der Waals surface area contributed by atoms with Gasteiger partial charge in [-0.25, -0.2) is 4.39 Å². The Hall–Kier alpha value is -2.11. The van der Waals surface area contributed by atoms with Gasteiger partial charge in [0, 0.05) is 23.6 Å². The molecule has 7 heteroatoms. The van der Waals surface area contributed by atoms with Crippen molar-refractivity contribution in [2.24, 2.45) is 0 Å². The van der Waals surface area contributed by atoms with Crippen molar-refractivity contribution in [2.45, 2.75) is 25.9 Å². The molecule has 0 unspecified atom stereocenters. The normalized spacial score (nSPS) is 11.7. The summed E-state index contributed by atoms with van der Waals surface area (Å²) in [4.78, 5) is 26.4. The second-order valence-corrected chi connectivity index (χ2v) is 6.69. The lowest BCUT2D eigenvalue weighted by molar-refractivity contribution is -0.139. The maximum atomic E-state index is 13.1. The fourth-order valence-corrected chi connectivity index (χ4v) is 2.98. The summed E-state index contributed by atoms with van der Waals surface area (Å²) in [7, 11) is 1.51. The van der Waals surface area contributed by atoms with E-state index in [0.29, 0.717) is 15.6 Å². The summed E-state index contributed by atoms with van der Waals surface area (Å²) in [5.74, 6) is -0.920. The minimum atomic E-state index is -0.691. The zero-order valence-corrected chi connectivity index (χ0v) is 15.9. The van der Waals surface area contributed by atoms with Crippen molar-refractivity contribution < 1.29 is 14.0 Å². The lowest BCUT2D eigenvalue weighted by Gasteiger charge is -2.28. The predicted molar refractivity (Wildman–Crippen MR) is 101 cm³/mol. The van der Waals surface area contributed by atoms with E-state index in [4.69, 9.17) is 23.2 Å². The number of likely N-dealkylation sites (N-methyl/N-ethyl adjacent to an activating group) is 1. The largest absolute Gasteiger partial charge is 0.357 e. The summed E-state index contributed by atoms with van der Waals surface area (Å²) in [6.45, 7) is 1.82. The highest BCUT2D eigenvalue weighted by atomic mass is 35.5. The van der Waals surface area contributed by atoms with Crippen molar-refractivity contribution >= 4 is 35.0 Å². The molecule has 0 bridgehead atoms. The van der Waals surface area contributed by atoms with Gasteiger partial charge in [-0.3, -0.25) is 9.59 Å². The molecule has 1 N–H and O–H groups in total. The molecule has 2 aromatic carbocycles. The minimum Gasteiger partial charge on any atom is -0.357 e. The molecule has 4 nitrogen and oxygen atoms in total. The number of halogens is 3. The van der Waals surface area contributed by atoms with Crippen LogP contribution >= 0.6 is 23.2 Å². The van der Waals surface area contributed by atoms with Gasteiger partial charge < -0.3 is 10.2 Å². The van der Waals surface area contributed by atoms with E-state index < -0.39 is 6.04 Å². The highest BCUT2D eigenvalue weighted by molar-refractivity contribution is 6.35. The van der Waals surface area contributed by atoms with Crippen LogP contribution < -0.4 is 5.32 Å². The average molecular weight is 397 g/mol. The molecular weight excluding hydrogens is 378 g/mol. The summed E-state index contributed by atoms with van der Waals surface area (Å²) in [5, 5.41) is 3.41. The Morgan fingerprint density at radius 1 is 1.15 bits per heavy atom. The number of amides is 2. The van der Waals surface area contributed by atoms with E-state index in [1.807, 2.05) is 0 Å². The molecule has 0 aromatic heterocycles. The summed E-state index contributed by atoms with van der Waals surface area (Å²) in [6.07, 6.45) is 0.0263. The molecule has 0 aliphatic rings. The zero-order valence-electron chi connectivity index (χ0n) is 14.4. The first-order valence-electron chi connectivity index (χ1n) is 8.01. The second-order valence-electron chi connectivity index (χ2n) is 5.85. The first-order valence-corrected chi connectivity index (χ1v) is 8.77. The number of hydrogen-bond donors (Lipinski definition) is 1. The smallest absolute Gasteiger partial charge is 0.242 e. The molecule has 0 aliphatic heterocycles. The zero-order chi connectivity index (χ0) is 19.3. The van der Waals surface area contributed by atoms with E-state index in [0.717, 1.165) is 5.56 Å². The van der Waals surface area contributed by atoms with Crippen molar-refractivity contribution in [3.8, 4) is 0 Å². The Morgan fingerprint density at radius 2 is 1.81 bits per heavy atom. The van der Waals surface area contributed by atoms with Gasteiger partial charge in [0.05, 0.1) is 6.42 Å². The van der Waals surface area contributed by atoms with Crippen LogP contribution in [0.25, 0.3) is 0 Å². The van der Waals surface area contributed by atoms with Crippen LogP contribution in [-0.2, 0) is 22.6 Å². The maximum Gasteiger partial charge on any atom is 0.242 e. The molecule has 0 spiro atoms. The standard InChI is InChI=1S/C19H19Cl2FN2O2/c1-12(19(26)23-2)24(11-13-3-7-16(22)8-4-13)18(25)9-14-5-6-15(20)10-17(14)21/h3-8,10,12H,9,11H2,1-2H3,(H,23,26)/t12-/m1/s1. The Bertz CT molecular complexity index is 797. The van der Waals surface area contributed by atoms with Gasteiger partial charge in [-0.15, -0.1) is 0 Å². The molecular formula is C19H19Cl2FN2O2. The van der Waals surface area contributed by atoms with Gasteiger partial charge in [-0.1, -0.05) is 41.4 Å². The predicted octanol–water partition coefficient (Wildman–Crippen LogP) is 3.84. The lowest BCUT2D eigenvalue weighted by Crippen LogP contribution is -2.47. The van der Waals surface area contributed by atoms with Gasteiger partial charge >= 0.3 is 0 Å². The number of rotatable bonds is 6. The number of nitrogens with one attached hydrogen (secondary N) is 1. The number of carbonyl (C=O) groups excluding carboxylic acids is 2. The van der Waals surface area contributed by atoms with E-state index in [2.05, 4.69) is 5.32 Å². The van der Waals surface area contributed by atoms with Gasteiger partial charge in [-0.05, 0) is 42.3 Å². The Morgan fingerprint density at radius 3 is 2.38 bits per heavy atom. The van der Waals surface area contributed by atoms with Crippen molar-refractivity contribution in [3.63, 3.8) is 0 Å². The van der Waals surface area contributed by atoms with Gasteiger partial charge in [0.15, 0.2) is 0 Å². The quantitative estimate of drug-likeness (QED) is 0.806. The van der Waals surface area contributed by atoms with E-state index in [-0.39, 0.29) is 30.6 Å². The van der Waals surface area contributed by atoms with Crippen LogP contribution in [-0.4, -0.2) is 29.8 Å². The van der Waals surface area contributed by atoms with E-state index in [1.165, 1.54) is 24.1 Å². The fourth-order valence-electron chi connectivity index (χ4n) is 2.51. The van der Waals surface area contributed by atoms with E-state index >= 15 is 0 Å². The van der Waals surface area contributed by atoms with Gasteiger partial charge in [0.2, 0.25) is 11.8 Å². The number of carbonyl (C=O) groups is 2. The topological polar surface area (TPSA) is 49.4 Å². The maximum absolute atomic E-state index is 13.1. The van der Waals surface area contributed by atoms with Crippen molar-refractivity contribution in [3.05, 3.63) is 69.5 Å². The number of benzene rings is 2. The van der Waals surface area contributed by atoms with Crippen molar-refractivity contribution in [1.82, 2.24) is 10.2 Å². The van der Waals surface area contributed by atoms with E-state index in [1.54, 1.807) is 37.3 Å². The average Bonchev–Trinajstić information content (AvgIpc) is 2.62. The number of nitrogens with zero attached hydrogens (tertiary/aromatic N) is 1. The molecule has 0 saturated heterocycles.